The molecule has 102 valence electrons. The van der Waals surface area contributed by atoms with Crippen molar-refractivity contribution in [2.45, 2.75) is 24.5 Å². The molecule has 3 rings (SSSR count). The Morgan fingerprint density at radius 1 is 1.21 bits per heavy atom. The summed E-state index contributed by atoms with van der Waals surface area (Å²) in [6, 6.07) is 0. The monoisotopic (exact) mass is 267 g/mol. The third kappa shape index (κ3) is 1.83. The molecule has 2 aromatic rings. The molecule has 5 N–H and O–H groups in total. The lowest BCUT2D eigenvalue weighted by atomic mass is 10.0. The van der Waals surface area contributed by atoms with Gasteiger partial charge in [0.1, 0.15) is 30.2 Å². The van der Waals surface area contributed by atoms with Crippen molar-refractivity contribution in [1.82, 2.24) is 19.5 Å². The molecule has 1 aliphatic heterocycles. The Morgan fingerprint density at radius 2 is 2.00 bits per heavy atom. The standard InChI is InChI=1S/C10H13N5O4/c11-8-5-9(13-2-12-8)15(3-14-5)10-7(18)6(17)4(16)1-19-10/h2-4,6-7,10,16-18H,1H2,(H2,11,12,13)/t4-,6-,7+,10?/m1/s1. The van der Waals surface area contributed by atoms with Crippen LogP contribution in [0, 0.1) is 0 Å². The predicted molar refractivity (Wildman–Crippen MR) is 62.7 cm³/mol. The van der Waals surface area contributed by atoms with Crippen LogP contribution >= 0.6 is 0 Å². The average molecular weight is 267 g/mol. The zero-order valence-electron chi connectivity index (χ0n) is 9.79. The molecule has 3 heterocycles. The predicted octanol–water partition coefficient (Wildman–Crippen LogP) is -1.98. The van der Waals surface area contributed by atoms with Crippen LogP contribution in [0.4, 0.5) is 5.82 Å². The summed E-state index contributed by atoms with van der Waals surface area (Å²) in [6.07, 6.45) is -1.93. The maximum atomic E-state index is 9.95. The van der Waals surface area contributed by atoms with Crippen molar-refractivity contribution in [2.24, 2.45) is 0 Å². The van der Waals surface area contributed by atoms with E-state index in [1.807, 2.05) is 0 Å². The number of anilines is 1. The maximum absolute atomic E-state index is 9.95. The van der Waals surface area contributed by atoms with Crippen molar-refractivity contribution in [2.75, 3.05) is 12.3 Å². The fourth-order valence-corrected chi connectivity index (χ4v) is 2.09. The van der Waals surface area contributed by atoms with E-state index < -0.39 is 24.5 Å². The second-order valence-corrected chi connectivity index (χ2v) is 4.36. The van der Waals surface area contributed by atoms with E-state index in [4.69, 9.17) is 10.5 Å². The van der Waals surface area contributed by atoms with Crippen LogP contribution in [0.5, 0.6) is 0 Å². The first-order valence-corrected chi connectivity index (χ1v) is 5.68. The lowest BCUT2D eigenvalue weighted by Crippen LogP contribution is -2.50. The van der Waals surface area contributed by atoms with Crippen molar-refractivity contribution in [3.8, 4) is 0 Å². The SMILES string of the molecule is Nc1ncnc2c1ncn2C1OC[C@@H](O)[C@@H](O)[C@@H]1O. The second-order valence-electron chi connectivity index (χ2n) is 4.36. The number of ether oxygens (including phenoxy) is 1. The molecule has 0 bridgehead atoms. The van der Waals surface area contributed by atoms with Crippen LogP contribution in [0.25, 0.3) is 11.2 Å². The number of hydrogen-bond acceptors (Lipinski definition) is 8. The lowest BCUT2D eigenvalue weighted by molar-refractivity contribution is -0.210. The summed E-state index contributed by atoms with van der Waals surface area (Å²) < 4.78 is 6.78. The summed E-state index contributed by atoms with van der Waals surface area (Å²) >= 11 is 0. The molecule has 0 aliphatic carbocycles. The van der Waals surface area contributed by atoms with Gasteiger partial charge in [-0.1, -0.05) is 0 Å². The fraction of sp³-hybridized carbons (Fsp3) is 0.500. The van der Waals surface area contributed by atoms with E-state index in [1.54, 1.807) is 0 Å². The summed E-state index contributed by atoms with van der Waals surface area (Å²) in [5.74, 6) is 0.217. The van der Waals surface area contributed by atoms with E-state index in [9.17, 15) is 15.3 Å². The van der Waals surface area contributed by atoms with Gasteiger partial charge in [-0.05, 0) is 0 Å². The van der Waals surface area contributed by atoms with Gasteiger partial charge in [0.2, 0.25) is 0 Å². The van der Waals surface area contributed by atoms with Crippen LogP contribution in [0.1, 0.15) is 6.23 Å². The number of hydrogen-bond donors (Lipinski definition) is 4. The van der Waals surface area contributed by atoms with Crippen LogP contribution in [0.3, 0.4) is 0 Å². The van der Waals surface area contributed by atoms with Crippen molar-refractivity contribution in [1.29, 1.82) is 0 Å². The molecule has 1 aliphatic rings. The molecule has 0 radical (unpaired) electrons. The number of aliphatic hydroxyl groups excluding tert-OH is 3. The highest BCUT2D eigenvalue weighted by atomic mass is 16.5. The number of aromatic nitrogens is 4. The number of nitrogen functional groups attached to an aromatic ring is 1. The molecule has 0 amide bonds. The minimum Gasteiger partial charge on any atom is -0.388 e. The Kier molecular flexibility index (Phi) is 2.82. The molecule has 9 nitrogen and oxygen atoms in total. The van der Waals surface area contributed by atoms with Gasteiger partial charge in [-0.15, -0.1) is 0 Å². The van der Waals surface area contributed by atoms with Gasteiger partial charge < -0.3 is 25.8 Å². The fourth-order valence-electron chi connectivity index (χ4n) is 2.09. The number of fused-ring (bicyclic) bond motifs is 1. The Balaban J connectivity index is 2.03. The molecule has 1 fully saturated rings. The molecule has 0 saturated carbocycles. The first-order valence-electron chi connectivity index (χ1n) is 5.68. The molecule has 0 spiro atoms. The highest BCUT2D eigenvalue weighted by Crippen LogP contribution is 2.27. The Morgan fingerprint density at radius 3 is 2.79 bits per heavy atom. The van der Waals surface area contributed by atoms with E-state index in [2.05, 4.69) is 15.0 Å². The minimum absolute atomic E-state index is 0.0941. The maximum Gasteiger partial charge on any atom is 0.167 e. The highest BCUT2D eigenvalue weighted by Gasteiger charge is 2.39. The number of imidazole rings is 1. The quantitative estimate of drug-likeness (QED) is 0.466. The van der Waals surface area contributed by atoms with E-state index in [0.29, 0.717) is 11.2 Å². The largest absolute Gasteiger partial charge is 0.388 e. The zero-order valence-corrected chi connectivity index (χ0v) is 9.79. The minimum atomic E-state index is -1.30. The van der Waals surface area contributed by atoms with Crippen molar-refractivity contribution in [3.63, 3.8) is 0 Å². The van der Waals surface area contributed by atoms with Crippen LogP contribution in [0.15, 0.2) is 12.7 Å². The lowest BCUT2D eigenvalue weighted by Gasteiger charge is -2.35. The van der Waals surface area contributed by atoms with Gasteiger partial charge in [0, 0.05) is 0 Å². The average Bonchev–Trinajstić information content (AvgIpc) is 2.82. The Hall–Kier alpha value is -1.81. The normalized spacial score (nSPS) is 31.7. The molecular weight excluding hydrogens is 254 g/mol. The molecule has 1 saturated heterocycles. The van der Waals surface area contributed by atoms with Gasteiger partial charge in [-0.25, -0.2) is 15.0 Å². The Bertz CT molecular complexity index is 603. The molecule has 19 heavy (non-hydrogen) atoms. The van der Waals surface area contributed by atoms with Gasteiger partial charge in [0.25, 0.3) is 0 Å². The third-order valence-corrected chi connectivity index (χ3v) is 3.14. The van der Waals surface area contributed by atoms with Gasteiger partial charge in [-0.2, -0.15) is 0 Å². The van der Waals surface area contributed by atoms with Crippen molar-refractivity contribution >= 4 is 17.0 Å². The van der Waals surface area contributed by atoms with Crippen LogP contribution in [-0.4, -0.2) is 59.8 Å². The molecule has 4 atom stereocenters. The topological polar surface area (TPSA) is 140 Å². The number of nitrogens with two attached hydrogens (primary N) is 1. The van der Waals surface area contributed by atoms with E-state index >= 15 is 0 Å². The van der Waals surface area contributed by atoms with Gasteiger partial charge in [0.15, 0.2) is 17.7 Å². The zero-order chi connectivity index (χ0) is 13.6. The number of rotatable bonds is 1. The number of aliphatic hydroxyl groups is 3. The van der Waals surface area contributed by atoms with Gasteiger partial charge in [0.05, 0.1) is 12.9 Å². The molecular formula is C10H13N5O4. The summed E-state index contributed by atoms with van der Waals surface area (Å²) in [7, 11) is 0. The summed E-state index contributed by atoms with van der Waals surface area (Å²) in [6.45, 7) is -0.0941. The first kappa shape index (κ1) is 12.2. The van der Waals surface area contributed by atoms with Crippen LogP contribution in [-0.2, 0) is 4.74 Å². The third-order valence-electron chi connectivity index (χ3n) is 3.14. The smallest absolute Gasteiger partial charge is 0.167 e. The van der Waals surface area contributed by atoms with E-state index in [0.717, 1.165) is 0 Å². The van der Waals surface area contributed by atoms with Gasteiger partial charge >= 0.3 is 0 Å². The highest BCUT2D eigenvalue weighted by molar-refractivity contribution is 5.81. The van der Waals surface area contributed by atoms with Crippen LogP contribution < -0.4 is 5.73 Å². The summed E-state index contributed by atoms with van der Waals surface area (Å²) in [5.41, 5.74) is 6.44. The second kappa shape index (κ2) is 4.38. The molecule has 9 heteroatoms. The first-order chi connectivity index (χ1) is 9.09. The summed E-state index contributed by atoms with van der Waals surface area (Å²) in [4.78, 5) is 11.9. The summed E-state index contributed by atoms with van der Waals surface area (Å²) in [5, 5.41) is 29.0. The van der Waals surface area contributed by atoms with Crippen molar-refractivity contribution in [3.05, 3.63) is 12.7 Å². The van der Waals surface area contributed by atoms with E-state index in [1.165, 1.54) is 17.2 Å². The van der Waals surface area contributed by atoms with E-state index in [-0.39, 0.29) is 12.4 Å². The molecule has 1 unspecified atom stereocenters. The number of nitrogens with zero attached hydrogens (tertiary/aromatic N) is 4. The van der Waals surface area contributed by atoms with Crippen molar-refractivity contribution < 1.29 is 20.1 Å². The van der Waals surface area contributed by atoms with Crippen LogP contribution in [0.2, 0.25) is 0 Å². The molecule has 2 aromatic heterocycles. The van der Waals surface area contributed by atoms with Gasteiger partial charge in [-0.3, -0.25) is 4.57 Å². The molecule has 0 aromatic carbocycles. The Labute approximate surface area is 107 Å².